The highest BCUT2D eigenvalue weighted by Crippen LogP contribution is 1.93. The second-order valence-electron chi connectivity index (χ2n) is 2.57. The normalized spacial score (nSPS) is 9.73. The molecular formula is C8H13N3. The molecule has 60 valence electrons. The van der Waals surface area contributed by atoms with Crippen molar-refractivity contribution in [3.63, 3.8) is 0 Å². The van der Waals surface area contributed by atoms with Crippen molar-refractivity contribution in [2.75, 3.05) is 12.5 Å². The van der Waals surface area contributed by atoms with Gasteiger partial charge in [0.2, 0.25) is 0 Å². The van der Waals surface area contributed by atoms with E-state index in [2.05, 4.69) is 5.43 Å². The molecule has 0 aliphatic rings. The van der Waals surface area contributed by atoms with Crippen molar-refractivity contribution >= 4 is 0 Å². The summed E-state index contributed by atoms with van der Waals surface area (Å²) in [6.45, 7) is 3.89. The molecule has 0 aliphatic carbocycles. The van der Waals surface area contributed by atoms with Crippen LogP contribution in [0.4, 0.5) is 0 Å². The van der Waals surface area contributed by atoms with Gasteiger partial charge in [0.05, 0.1) is 0 Å². The Kier molecular flexibility index (Phi) is 1.98. The molecule has 1 aromatic heterocycles. The third kappa shape index (κ3) is 1.27. The minimum atomic E-state index is 0.521. The molecule has 0 fully saturated rings. The first-order chi connectivity index (χ1) is 5.16. The van der Waals surface area contributed by atoms with Crippen molar-refractivity contribution in [1.29, 1.82) is 5.41 Å². The van der Waals surface area contributed by atoms with Crippen LogP contribution in [0.15, 0.2) is 12.1 Å². The lowest BCUT2D eigenvalue weighted by molar-refractivity contribution is 0.784. The third-order valence-electron chi connectivity index (χ3n) is 1.75. The Hall–Kier alpha value is -1.25. The van der Waals surface area contributed by atoms with E-state index in [4.69, 9.17) is 5.41 Å². The Bertz CT molecular complexity index is 312. The predicted molar refractivity (Wildman–Crippen MR) is 45.0 cm³/mol. The standard InChI is InChI=1S/C8H13N3/c1-6-4-5-7(2)11(10-3)8(6)9/h4-5,9-10H,1-3H3. The molecule has 0 aliphatic heterocycles. The lowest BCUT2D eigenvalue weighted by Gasteiger charge is -2.10. The predicted octanol–water partition coefficient (Wildman–Crippen LogP) is 0.758. The van der Waals surface area contributed by atoms with Crippen LogP contribution < -0.4 is 10.9 Å². The zero-order valence-corrected chi connectivity index (χ0v) is 7.10. The van der Waals surface area contributed by atoms with Gasteiger partial charge >= 0.3 is 0 Å². The van der Waals surface area contributed by atoms with Crippen LogP contribution in [0.25, 0.3) is 0 Å². The maximum absolute atomic E-state index is 7.64. The summed E-state index contributed by atoms with van der Waals surface area (Å²) in [4.78, 5) is 0. The van der Waals surface area contributed by atoms with E-state index in [0.29, 0.717) is 5.49 Å². The minimum absolute atomic E-state index is 0.521. The van der Waals surface area contributed by atoms with Crippen molar-refractivity contribution in [3.8, 4) is 0 Å². The van der Waals surface area contributed by atoms with Gasteiger partial charge < -0.3 is 5.43 Å². The molecule has 0 spiro atoms. The Morgan fingerprint density at radius 2 is 2.00 bits per heavy atom. The van der Waals surface area contributed by atoms with Crippen LogP contribution in [-0.4, -0.2) is 11.7 Å². The van der Waals surface area contributed by atoms with E-state index < -0.39 is 0 Å². The van der Waals surface area contributed by atoms with Gasteiger partial charge in [-0.3, -0.25) is 5.41 Å². The summed E-state index contributed by atoms with van der Waals surface area (Å²) in [7, 11) is 1.81. The number of hydrogen-bond acceptors (Lipinski definition) is 2. The summed E-state index contributed by atoms with van der Waals surface area (Å²) < 4.78 is 1.75. The van der Waals surface area contributed by atoms with Crippen LogP contribution in [0.5, 0.6) is 0 Å². The first-order valence-electron chi connectivity index (χ1n) is 3.58. The highest BCUT2D eigenvalue weighted by Gasteiger charge is 1.95. The van der Waals surface area contributed by atoms with Crippen molar-refractivity contribution in [1.82, 2.24) is 4.68 Å². The first kappa shape index (κ1) is 7.85. The number of aromatic nitrogens is 1. The summed E-state index contributed by atoms with van der Waals surface area (Å²) in [5.74, 6) is 0. The van der Waals surface area contributed by atoms with E-state index in [1.165, 1.54) is 0 Å². The van der Waals surface area contributed by atoms with E-state index in [-0.39, 0.29) is 0 Å². The Morgan fingerprint density at radius 3 is 2.45 bits per heavy atom. The highest BCUT2D eigenvalue weighted by atomic mass is 15.4. The molecule has 0 amide bonds. The molecule has 0 aromatic carbocycles. The summed E-state index contributed by atoms with van der Waals surface area (Å²) >= 11 is 0. The zero-order valence-electron chi connectivity index (χ0n) is 7.10. The van der Waals surface area contributed by atoms with Crippen LogP contribution in [0.1, 0.15) is 11.3 Å². The molecule has 3 nitrogen and oxygen atoms in total. The van der Waals surface area contributed by atoms with Crippen molar-refractivity contribution in [2.24, 2.45) is 0 Å². The number of nitrogens with zero attached hydrogens (tertiary/aromatic N) is 1. The van der Waals surface area contributed by atoms with Crippen molar-refractivity contribution < 1.29 is 0 Å². The van der Waals surface area contributed by atoms with Gasteiger partial charge in [0.1, 0.15) is 5.49 Å². The third-order valence-corrected chi connectivity index (χ3v) is 1.75. The number of hydrogen-bond donors (Lipinski definition) is 2. The number of nitrogens with one attached hydrogen (secondary N) is 2. The fourth-order valence-electron chi connectivity index (χ4n) is 1.04. The largest absolute Gasteiger partial charge is 0.327 e. The van der Waals surface area contributed by atoms with Crippen LogP contribution in [0, 0.1) is 19.3 Å². The van der Waals surface area contributed by atoms with Crippen molar-refractivity contribution in [3.05, 3.63) is 28.9 Å². The van der Waals surface area contributed by atoms with Crippen molar-refractivity contribution in [2.45, 2.75) is 13.8 Å². The summed E-state index contributed by atoms with van der Waals surface area (Å²) in [5.41, 5.74) is 5.48. The quantitative estimate of drug-likeness (QED) is 0.611. The second-order valence-corrected chi connectivity index (χ2v) is 2.57. The molecule has 0 bridgehead atoms. The number of aryl methyl sites for hydroxylation is 2. The molecule has 1 rings (SSSR count). The molecular weight excluding hydrogens is 138 g/mol. The summed E-state index contributed by atoms with van der Waals surface area (Å²) in [6, 6.07) is 3.94. The van der Waals surface area contributed by atoms with E-state index >= 15 is 0 Å². The lowest BCUT2D eigenvalue weighted by Crippen LogP contribution is -2.29. The Balaban J connectivity index is 3.41. The fraction of sp³-hybridized carbons (Fsp3) is 0.375. The fourth-order valence-corrected chi connectivity index (χ4v) is 1.04. The molecule has 3 heteroatoms. The Labute approximate surface area is 66.2 Å². The number of rotatable bonds is 1. The van der Waals surface area contributed by atoms with Gasteiger partial charge in [0.25, 0.3) is 0 Å². The lowest BCUT2D eigenvalue weighted by atomic mass is 10.3. The van der Waals surface area contributed by atoms with Crippen LogP contribution in [0.3, 0.4) is 0 Å². The van der Waals surface area contributed by atoms with E-state index in [9.17, 15) is 0 Å². The highest BCUT2D eigenvalue weighted by molar-refractivity contribution is 5.13. The molecule has 0 radical (unpaired) electrons. The SMILES string of the molecule is CNn1c(C)ccc(C)c1=N. The van der Waals surface area contributed by atoms with Gasteiger partial charge in [-0.1, -0.05) is 6.07 Å². The summed E-state index contributed by atoms with van der Waals surface area (Å²) in [5, 5.41) is 7.64. The molecule has 1 aromatic rings. The maximum Gasteiger partial charge on any atom is 0.146 e. The van der Waals surface area contributed by atoms with Crippen LogP contribution >= 0.6 is 0 Å². The smallest absolute Gasteiger partial charge is 0.146 e. The molecule has 1 heterocycles. The Morgan fingerprint density at radius 1 is 1.36 bits per heavy atom. The maximum atomic E-state index is 7.64. The molecule has 11 heavy (non-hydrogen) atoms. The minimum Gasteiger partial charge on any atom is -0.327 e. The topological polar surface area (TPSA) is 40.8 Å². The van der Waals surface area contributed by atoms with Crippen LogP contribution in [-0.2, 0) is 0 Å². The second kappa shape index (κ2) is 2.78. The van der Waals surface area contributed by atoms with E-state index in [1.54, 1.807) is 4.68 Å². The monoisotopic (exact) mass is 151 g/mol. The molecule has 0 saturated heterocycles. The molecule has 0 saturated carbocycles. The number of pyridine rings is 1. The molecule has 2 N–H and O–H groups in total. The van der Waals surface area contributed by atoms with Gasteiger partial charge in [-0.05, 0) is 25.5 Å². The molecule has 0 unspecified atom stereocenters. The van der Waals surface area contributed by atoms with Gasteiger partial charge in [0.15, 0.2) is 0 Å². The average Bonchev–Trinajstić information content (AvgIpc) is 1.99. The van der Waals surface area contributed by atoms with Gasteiger partial charge in [-0.15, -0.1) is 0 Å². The van der Waals surface area contributed by atoms with Gasteiger partial charge in [-0.2, -0.15) is 0 Å². The van der Waals surface area contributed by atoms with Gasteiger partial charge in [-0.25, -0.2) is 4.68 Å². The van der Waals surface area contributed by atoms with Crippen LogP contribution in [0.2, 0.25) is 0 Å². The zero-order chi connectivity index (χ0) is 8.43. The van der Waals surface area contributed by atoms with E-state index in [1.807, 2.05) is 33.0 Å². The molecule has 0 atom stereocenters. The van der Waals surface area contributed by atoms with E-state index in [0.717, 1.165) is 11.3 Å². The van der Waals surface area contributed by atoms with Gasteiger partial charge in [0, 0.05) is 12.7 Å². The average molecular weight is 151 g/mol. The summed E-state index contributed by atoms with van der Waals surface area (Å²) in [6.07, 6.45) is 0. The first-order valence-corrected chi connectivity index (χ1v) is 3.58.